The first-order valence-electron chi connectivity index (χ1n) is 3.98. The van der Waals surface area contributed by atoms with Crippen molar-refractivity contribution in [3.8, 4) is 0 Å². The molecule has 2 aromatic heterocycles. The molecule has 0 aromatic carbocycles. The summed E-state index contributed by atoms with van der Waals surface area (Å²) in [5, 5.41) is 8.65. The molecule has 76 valence electrons. The van der Waals surface area contributed by atoms with Crippen LogP contribution in [0.15, 0.2) is 16.9 Å². The number of hydrogen-bond donors (Lipinski definition) is 3. The van der Waals surface area contributed by atoms with Gasteiger partial charge in [-0.3, -0.25) is 4.79 Å². The van der Waals surface area contributed by atoms with E-state index in [1.807, 2.05) is 0 Å². The Bertz CT molecular complexity index is 604. The van der Waals surface area contributed by atoms with Gasteiger partial charge in [-0.25, -0.2) is 14.8 Å². The Morgan fingerprint density at radius 2 is 2.13 bits per heavy atom. The average Bonchev–Trinajstić information content (AvgIpc) is 2.15. The Morgan fingerprint density at radius 3 is 2.80 bits per heavy atom. The summed E-state index contributed by atoms with van der Waals surface area (Å²) in [6.07, 6.45) is 0. The van der Waals surface area contributed by atoms with Gasteiger partial charge in [0.15, 0.2) is 5.65 Å². The third kappa shape index (κ3) is 1.50. The lowest BCUT2D eigenvalue weighted by Crippen LogP contribution is -2.20. The lowest BCUT2D eigenvalue weighted by Gasteiger charge is -1.98. The number of carboxylic acids is 1. The maximum absolute atomic E-state index is 11.2. The van der Waals surface area contributed by atoms with E-state index in [0.29, 0.717) is 0 Å². The van der Waals surface area contributed by atoms with E-state index in [4.69, 9.17) is 10.8 Å². The summed E-state index contributed by atoms with van der Waals surface area (Å²) >= 11 is 0. The van der Waals surface area contributed by atoms with Gasteiger partial charge in [0.1, 0.15) is 11.3 Å². The second kappa shape index (κ2) is 3.05. The molecule has 0 saturated carbocycles. The molecule has 0 unspecified atom stereocenters. The van der Waals surface area contributed by atoms with Crippen molar-refractivity contribution in [2.75, 3.05) is 5.73 Å². The van der Waals surface area contributed by atoms with Gasteiger partial charge in [0.05, 0.1) is 0 Å². The molecule has 0 spiro atoms. The molecule has 7 nitrogen and oxygen atoms in total. The van der Waals surface area contributed by atoms with Crippen LogP contribution in [-0.4, -0.2) is 26.0 Å². The van der Waals surface area contributed by atoms with Gasteiger partial charge in [-0.15, -0.1) is 0 Å². The number of rotatable bonds is 1. The van der Waals surface area contributed by atoms with E-state index in [1.165, 1.54) is 12.1 Å². The molecule has 0 fully saturated rings. The van der Waals surface area contributed by atoms with Gasteiger partial charge in [-0.1, -0.05) is 0 Å². The molecule has 0 radical (unpaired) electrons. The van der Waals surface area contributed by atoms with Gasteiger partial charge in [0.25, 0.3) is 5.56 Å². The molecule has 0 aliphatic rings. The Kier molecular flexibility index (Phi) is 1.86. The smallest absolute Gasteiger partial charge is 0.360 e. The number of aromatic nitrogens is 3. The van der Waals surface area contributed by atoms with Crippen molar-refractivity contribution in [2.24, 2.45) is 0 Å². The molecule has 0 saturated heterocycles. The van der Waals surface area contributed by atoms with E-state index in [0.717, 1.165) is 0 Å². The van der Waals surface area contributed by atoms with Crippen molar-refractivity contribution >= 4 is 23.0 Å². The number of nitrogen functional groups attached to an aromatic ring is 1. The van der Waals surface area contributed by atoms with Crippen LogP contribution in [0, 0.1) is 0 Å². The number of nitrogens with one attached hydrogen (secondary N) is 1. The van der Waals surface area contributed by atoms with Gasteiger partial charge in [-0.2, -0.15) is 0 Å². The molecule has 7 heteroatoms. The van der Waals surface area contributed by atoms with E-state index in [9.17, 15) is 9.59 Å². The molecule has 15 heavy (non-hydrogen) atoms. The Balaban J connectivity index is 2.82. The first-order valence-corrected chi connectivity index (χ1v) is 3.98. The number of aromatic amines is 1. The van der Waals surface area contributed by atoms with Gasteiger partial charge in [0, 0.05) is 0 Å². The fourth-order valence-electron chi connectivity index (χ4n) is 1.13. The van der Waals surface area contributed by atoms with Gasteiger partial charge >= 0.3 is 5.97 Å². The quantitative estimate of drug-likeness (QED) is 0.583. The topological polar surface area (TPSA) is 122 Å². The van der Waals surface area contributed by atoms with Crippen LogP contribution in [0.4, 0.5) is 5.82 Å². The Labute approximate surface area is 82.6 Å². The molecule has 4 N–H and O–H groups in total. The van der Waals surface area contributed by atoms with Crippen molar-refractivity contribution in [2.45, 2.75) is 0 Å². The van der Waals surface area contributed by atoms with Crippen LogP contribution in [0.25, 0.3) is 11.2 Å². The number of H-pyrrole nitrogens is 1. The van der Waals surface area contributed by atoms with Gasteiger partial charge in [-0.05, 0) is 12.1 Å². The van der Waals surface area contributed by atoms with E-state index >= 15 is 0 Å². The van der Waals surface area contributed by atoms with Crippen LogP contribution in [0.2, 0.25) is 0 Å². The molecule has 2 rings (SSSR count). The van der Waals surface area contributed by atoms with Crippen molar-refractivity contribution in [1.82, 2.24) is 15.0 Å². The lowest BCUT2D eigenvalue weighted by atomic mass is 10.3. The zero-order valence-electron chi connectivity index (χ0n) is 7.39. The highest BCUT2D eigenvalue weighted by atomic mass is 16.4. The molecule has 2 aromatic rings. The molecule has 0 aliphatic carbocycles. The Morgan fingerprint density at radius 1 is 1.40 bits per heavy atom. The standard InChI is InChI=1S/C8H6N4O3/c9-4-2-1-3-6(11-4)12-7(13)5(10-3)8(14)15/h1-2H,(H,14,15)(H3,9,11,12,13). The minimum atomic E-state index is -1.38. The second-order valence-electron chi connectivity index (χ2n) is 2.82. The maximum Gasteiger partial charge on any atom is 0.360 e. The van der Waals surface area contributed by atoms with E-state index < -0.39 is 17.2 Å². The number of aromatic carboxylic acids is 1. The first kappa shape index (κ1) is 9.13. The highest BCUT2D eigenvalue weighted by molar-refractivity contribution is 5.87. The summed E-state index contributed by atoms with van der Waals surface area (Å²) in [6, 6.07) is 2.96. The van der Waals surface area contributed by atoms with Gasteiger partial charge in [0.2, 0.25) is 5.69 Å². The lowest BCUT2D eigenvalue weighted by molar-refractivity contribution is 0.0689. The summed E-state index contributed by atoms with van der Waals surface area (Å²) in [4.78, 5) is 31.6. The zero-order valence-corrected chi connectivity index (χ0v) is 7.39. The van der Waals surface area contributed by atoms with Gasteiger partial charge < -0.3 is 15.8 Å². The number of hydrogen-bond acceptors (Lipinski definition) is 5. The third-order valence-electron chi connectivity index (χ3n) is 1.78. The fourth-order valence-corrected chi connectivity index (χ4v) is 1.13. The Hall–Kier alpha value is -2.44. The van der Waals surface area contributed by atoms with Crippen LogP contribution >= 0.6 is 0 Å². The summed E-state index contributed by atoms with van der Waals surface area (Å²) in [5.74, 6) is -1.15. The van der Waals surface area contributed by atoms with Crippen molar-refractivity contribution in [1.29, 1.82) is 0 Å². The molecular weight excluding hydrogens is 200 g/mol. The monoisotopic (exact) mass is 206 g/mol. The predicted octanol–water partition coefficient (Wildman–Crippen LogP) is -0.402. The van der Waals surface area contributed by atoms with Crippen LogP contribution in [0.5, 0.6) is 0 Å². The normalized spacial score (nSPS) is 10.4. The van der Waals surface area contributed by atoms with E-state index in [-0.39, 0.29) is 17.0 Å². The highest BCUT2D eigenvalue weighted by Crippen LogP contribution is 2.06. The minimum Gasteiger partial charge on any atom is -0.476 e. The van der Waals surface area contributed by atoms with Crippen molar-refractivity contribution < 1.29 is 9.90 Å². The van der Waals surface area contributed by atoms with Crippen molar-refractivity contribution in [3.63, 3.8) is 0 Å². The molecule has 0 bridgehead atoms. The second-order valence-corrected chi connectivity index (χ2v) is 2.82. The SMILES string of the molecule is Nc1ccc2nc(C(=O)O)c(=O)[nH]c2n1. The largest absolute Gasteiger partial charge is 0.476 e. The maximum atomic E-state index is 11.2. The summed E-state index contributed by atoms with van der Waals surface area (Å²) in [5.41, 5.74) is 4.49. The molecule has 0 amide bonds. The number of fused-ring (bicyclic) bond motifs is 1. The summed E-state index contributed by atoms with van der Waals surface area (Å²) in [6.45, 7) is 0. The molecule has 0 aliphatic heterocycles. The zero-order chi connectivity index (χ0) is 11.0. The highest BCUT2D eigenvalue weighted by Gasteiger charge is 2.12. The minimum absolute atomic E-state index is 0.171. The van der Waals surface area contributed by atoms with Crippen LogP contribution in [0.3, 0.4) is 0 Å². The fraction of sp³-hybridized carbons (Fsp3) is 0. The van der Waals surface area contributed by atoms with Crippen molar-refractivity contribution in [3.05, 3.63) is 28.2 Å². The number of pyridine rings is 1. The molecular formula is C8H6N4O3. The third-order valence-corrected chi connectivity index (χ3v) is 1.78. The number of carboxylic acid groups (broad SMARTS) is 1. The molecule has 2 heterocycles. The number of nitrogens with two attached hydrogens (primary N) is 1. The number of nitrogens with zero attached hydrogens (tertiary/aromatic N) is 2. The summed E-state index contributed by atoms with van der Waals surface area (Å²) < 4.78 is 0. The predicted molar refractivity (Wildman–Crippen MR) is 51.5 cm³/mol. The van der Waals surface area contributed by atoms with Crippen LogP contribution in [0.1, 0.15) is 10.5 Å². The number of carbonyl (C=O) groups is 1. The van der Waals surface area contributed by atoms with E-state index in [2.05, 4.69) is 15.0 Å². The summed E-state index contributed by atoms with van der Waals surface area (Å²) in [7, 11) is 0. The number of anilines is 1. The van der Waals surface area contributed by atoms with Crippen LogP contribution < -0.4 is 11.3 Å². The first-order chi connectivity index (χ1) is 7.08. The van der Waals surface area contributed by atoms with Crippen LogP contribution in [-0.2, 0) is 0 Å². The van der Waals surface area contributed by atoms with E-state index in [1.54, 1.807) is 0 Å². The molecule has 0 atom stereocenters. The average molecular weight is 206 g/mol.